The summed E-state index contributed by atoms with van der Waals surface area (Å²) in [6.07, 6.45) is -5.16. The van der Waals surface area contributed by atoms with Crippen LogP contribution in [0.15, 0.2) is 48.5 Å². The van der Waals surface area contributed by atoms with E-state index < -0.39 is 80.9 Å². The van der Waals surface area contributed by atoms with E-state index in [9.17, 15) is 44.3 Å². The maximum absolute atomic E-state index is 13.3. The van der Waals surface area contributed by atoms with E-state index >= 15 is 0 Å². The van der Waals surface area contributed by atoms with Crippen molar-refractivity contribution < 1.29 is 58.3 Å². The molecule has 2 unspecified atom stereocenters. The third kappa shape index (κ3) is 10.3. The van der Waals surface area contributed by atoms with Gasteiger partial charge in [-0.2, -0.15) is 0 Å². The Morgan fingerprint density at radius 3 is 1.93 bits per heavy atom. The van der Waals surface area contributed by atoms with Crippen molar-refractivity contribution in [2.75, 3.05) is 32.5 Å². The summed E-state index contributed by atoms with van der Waals surface area (Å²) in [6.45, 7) is 0.301. The van der Waals surface area contributed by atoms with Crippen LogP contribution in [0.4, 0.5) is 0 Å². The number of benzene rings is 2. The molecule has 1 fully saturated rings. The molecule has 1 heterocycles. The Bertz CT molecular complexity index is 1360. The zero-order valence-corrected chi connectivity index (χ0v) is 27.2. The summed E-state index contributed by atoms with van der Waals surface area (Å²) in [4.78, 5) is 48.9. The van der Waals surface area contributed by atoms with Crippen molar-refractivity contribution in [3.63, 3.8) is 0 Å². The summed E-state index contributed by atoms with van der Waals surface area (Å²) >= 11 is 11.8. The summed E-state index contributed by atoms with van der Waals surface area (Å²) in [5.74, 6) is -2.79. The molecule has 0 bridgehead atoms. The molecule has 0 spiro atoms. The lowest BCUT2D eigenvalue weighted by molar-refractivity contribution is -0.153. The van der Waals surface area contributed by atoms with Crippen molar-refractivity contribution in [1.82, 2.24) is 15.5 Å². The standard InChI is InChI=1S/C28H36Cl2N3O12P/c1-16(35)31-13-21-23(36)24(37)22(14-34)33(21)11-12-46(41,42)43-15-28(2,27(39)40)32-25(38)26(44-19-7-3-17(29)4-8-19)45-20-9-5-18(30)6-10-20/h3-10,21-24,26,34,36-37H,11-15H2,1-2H3,(H,31,35)(H,32,38)(H,39,40)(H,41,42)/t21-,22-,23-,24-,28?/m1/s1. The molecule has 18 heteroatoms. The van der Waals surface area contributed by atoms with Crippen LogP contribution in [-0.2, 0) is 23.5 Å². The molecular weight excluding hydrogens is 672 g/mol. The van der Waals surface area contributed by atoms with E-state index in [0.717, 1.165) is 6.92 Å². The number of aliphatic carboxylic acids is 1. The molecule has 6 atom stereocenters. The average Bonchev–Trinajstić information content (AvgIpc) is 3.23. The van der Waals surface area contributed by atoms with Gasteiger partial charge in [-0.25, -0.2) is 4.79 Å². The van der Waals surface area contributed by atoms with Crippen LogP contribution in [0.5, 0.6) is 11.5 Å². The molecule has 15 nitrogen and oxygen atoms in total. The number of nitrogens with zero attached hydrogens (tertiary/aromatic N) is 1. The lowest BCUT2D eigenvalue weighted by Crippen LogP contribution is -2.59. The molecular formula is C28H36Cl2N3O12P. The molecule has 0 aromatic heterocycles. The molecule has 1 aliphatic rings. The smallest absolute Gasteiger partial charge is 0.331 e. The fourth-order valence-electron chi connectivity index (χ4n) is 4.55. The first kappa shape index (κ1) is 37.5. The summed E-state index contributed by atoms with van der Waals surface area (Å²) in [5.41, 5.74) is -2.26. The van der Waals surface area contributed by atoms with E-state index in [0.29, 0.717) is 10.0 Å². The number of amides is 2. The third-order valence-electron chi connectivity index (χ3n) is 7.13. The number of carbonyl (C=O) groups excluding carboxylic acids is 2. The largest absolute Gasteiger partial charge is 0.479 e. The highest BCUT2D eigenvalue weighted by Gasteiger charge is 2.48. The van der Waals surface area contributed by atoms with Crippen LogP contribution >= 0.6 is 30.8 Å². The van der Waals surface area contributed by atoms with Gasteiger partial charge in [0.25, 0.3) is 0 Å². The van der Waals surface area contributed by atoms with E-state index in [1.54, 1.807) is 0 Å². The van der Waals surface area contributed by atoms with E-state index in [-0.39, 0.29) is 24.6 Å². The van der Waals surface area contributed by atoms with Gasteiger partial charge in [0, 0.05) is 30.1 Å². The van der Waals surface area contributed by atoms with Crippen LogP contribution in [0.2, 0.25) is 10.0 Å². The first-order valence-corrected chi connectivity index (χ1v) is 16.4. The number of rotatable bonds is 16. The Morgan fingerprint density at radius 1 is 0.978 bits per heavy atom. The van der Waals surface area contributed by atoms with Crippen LogP contribution < -0.4 is 20.1 Å². The van der Waals surface area contributed by atoms with E-state index in [1.165, 1.54) is 60.4 Å². The molecule has 1 saturated heterocycles. The van der Waals surface area contributed by atoms with Gasteiger partial charge in [0.05, 0.1) is 43.7 Å². The maximum atomic E-state index is 13.3. The van der Waals surface area contributed by atoms with Crippen molar-refractivity contribution in [3.8, 4) is 11.5 Å². The van der Waals surface area contributed by atoms with Gasteiger partial charge >= 0.3 is 25.8 Å². The van der Waals surface area contributed by atoms with E-state index in [4.69, 9.17) is 37.2 Å². The van der Waals surface area contributed by atoms with Crippen molar-refractivity contribution in [1.29, 1.82) is 0 Å². The number of carboxylic acid groups (broad SMARTS) is 1. The Hall–Kier alpha value is -2.98. The second-order valence-electron chi connectivity index (χ2n) is 10.7. The maximum Gasteiger partial charge on any atom is 0.331 e. The highest BCUT2D eigenvalue weighted by atomic mass is 35.5. The van der Waals surface area contributed by atoms with Gasteiger partial charge in [-0.05, 0) is 55.5 Å². The third-order valence-corrected chi connectivity index (χ3v) is 8.93. The van der Waals surface area contributed by atoms with Crippen LogP contribution in [-0.4, -0.2) is 117 Å². The number of hydrogen-bond donors (Lipinski definition) is 7. The summed E-state index contributed by atoms with van der Waals surface area (Å²) < 4.78 is 29.5. The minimum Gasteiger partial charge on any atom is -0.479 e. The number of ether oxygens (including phenoxy) is 2. The van der Waals surface area contributed by atoms with Gasteiger partial charge in [-0.15, -0.1) is 0 Å². The van der Waals surface area contributed by atoms with E-state index in [1.807, 2.05) is 0 Å². The highest BCUT2D eigenvalue weighted by Crippen LogP contribution is 2.43. The highest BCUT2D eigenvalue weighted by molar-refractivity contribution is 7.52. The summed E-state index contributed by atoms with van der Waals surface area (Å²) in [7, 11) is -4.58. The van der Waals surface area contributed by atoms with Gasteiger partial charge < -0.3 is 50.0 Å². The predicted molar refractivity (Wildman–Crippen MR) is 165 cm³/mol. The number of hydrogen-bond acceptors (Lipinski definition) is 11. The summed E-state index contributed by atoms with van der Waals surface area (Å²) in [5, 5.41) is 46.0. The molecule has 1 aliphatic heterocycles. The molecule has 2 amide bonds. The van der Waals surface area contributed by atoms with Crippen LogP contribution in [0.25, 0.3) is 0 Å². The Kier molecular flexibility index (Phi) is 13.2. The Morgan fingerprint density at radius 2 is 1.48 bits per heavy atom. The minimum atomic E-state index is -4.58. The molecule has 0 aliphatic carbocycles. The normalized spacial score (nSPS) is 22.5. The van der Waals surface area contributed by atoms with Gasteiger partial charge in [0.2, 0.25) is 5.91 Å². The topological polar surface area (TPSA) is 224 Å². The molecule has 3 rings (SSSR count). The van der Waals surface area contributed by atoms with Crippen molar-refractivity contribution >= 4 is 48.6 Å². The first-order chi connectivity index (χ1) is 21.5. The van der Waals surface area contributed by atoms with Crippen LogP contribution in [0, 0.1) is 0 Å². The molecule has 7 N–H and O–H groups in total. The van der Waals surface area contributed by atoms with Gasteiger partial charge in [-0.1, -0.05) is 23.2 Å². The molecule has 0 radical (unpaired) electrons. The number of carbonyl (C=O) groups is 3. The summed E-state index contributed by atoms with van der Waals surface area (Å²) in [6, 6.07) is 9.88. The van der Waals surface area contributed by atoms with Crippen LogP contribution in [0.1, 0.15) is 13.8 Å². The lowest BCUT2D eigenvalue weighted by atomic mass is 10.0. The minimum absolute atomic E-state index is 0.124. The van der Waals surface area contributed by atoms with Gasteiger partial charge in [0.15, 0.2) is 5.54 Å². The zero-order valence-electron chi connectivity index (χ0n) is 24.8. The quantitative estimate of drug-likeness (QED) is 0.0950. The number of likely N-dealkylation sites (tertiary alicyclic amines) is 1. The van der Waals surface area contributed by atoms with Crippen molar-refractivity contribution in [2.24, 2.45) is 0 Å². The fraction of sp³-hybridized carbons (Fsp3) is 0.464. The lowest BCUT2D eigenvalue weighted by Gasteiger charge is -2.31. The average molecular weight is 708 g/mol. The fourth-order valence-corrected chi connectivity index (χ4v) is 5.87. The van der Waals surface area contributed by atoms with Crippen molar-refractivity contribution in [2.45, 2.75) is 50.0 Å². The number of aliphatic hydroxyl groups excluding tert-OH is 3. The predicted octanol–water partition coefficient (Wildman–Crippen LogP) is 0.842. The van der Waals surface area contributed by atoms with E-state index in [2.05, 4.69) is 10.6 Å². The number of carboxylic acids is 1. The second kappa shape index (κ2) is 16.2. The molecule has 2 aromatic carbocycles. The van der Waals surface area contributed by atoms with Gasteiger partial charge in [0.1, 0.15) is 11.5 Å². The number of aliphatic hydroxyl groups is 3. The Labute approximate surface area is 274 Å². The van der Waals surface area contributed by atoms with Gasteiger partial charge in [-0.3, -0.25) is 19.1 Å². The first-order valence-electron chi connectivity index (χ1n) is 13.9. The monoisotopic (exact) mass is 707 g/mol. The molecule has 46 heavy (non-hydrogen) atoms. The molecule has 254 valence electrons. The molecule has 2 aromatic rings. The number of halogens is 2. The van der Waals surface area contributed by atoms with Crippen LogP contribution in [0.3, 0.4) is 0 Å². The Balaban J connectivity index is 1.72. The molecule has 0 saturated carbocycles. The zero-order chi connectivity index (χ0) is 34.2. The second-order valence-corrected chi connectivity index (χ2v) is 13.6. The van der Waals surface area contributed by atoms with Crippen molar-refractivity contribution in [3.05, 3.63) is 58.6 Å². The SMILES string of the molecule is CC(=O)NC[C@@H]1[C@@H](O)[C@H](O)[C@@H](CO)N1CCP(=O)(O)OCC(C)(NC(=O)C(Oc1ccc(Cl)cc1)Oc1ccc(Cl)cc1)C(=O)O. The number of nitrogens with one attached hydrogen (secondary N) is 2.